The third-order valence-corrected chi connectivity index (χ3v) is 7.08. The largest absolute Gasteiger partial charge is 0.368 e. The summed E-state index contributed by atoms with van der Waals surface area (Å²) < 4.78 is 5.99. The smallest absolute Gasteiger partial charge is 0.225 e. The van der Waals surface area contributed by atoms with Crippen molar-refractivity contribution in [3.8, 4) is 0 Å². The van der Waals surface area contributed by atoms with Crippen LogP contribution in [-0.2, 0) is 16.0 Å². The molecule has 2 aliphatic rings. The van der Waals surface area contributed by atoms with E-state index in [1.807, 2.05) is 23.1 Å². The molecule has 1 N–H and O–H groups in total. The number of likely N-dealkylation sites (tertiary alicyclic amines) is 1. The van der Waals surface area contributed by atoms with E-state index in [9.17, 15) is 4.79 Å². The number of hydrogen-bond donors (Lipinski definition) is 1. The second-order valence-electron chi connectivity index (χ2n) is 8.47. The molecule has 0 unspecified atom stereocenters. The number of carbonyl (C=O) groups is 1. The minimum absolute atomic E-state index is 0.125. The number of nitrogens with one attached hydrogen (secondary N) is 1. The quantitative estimate of drug-likeness (QED) is 0.732. The Labute approximate surface area is 188 Å². The number of anilines is 2. The zero-order valence-electron chi connectivity index (χ0n) is 18.6. The molecule has 2 aromatic rings. The average Bonchev–Trinajstić information content (AvgIpc) is 3.26. The summed E-state index contributed by atoms with van der Waals surface area (Å²) in [5.41, 5.74) is 0.831. The fourth-order valence-electron chi connectivity index (χ4n) is 4.21. The second kappa shape index (κ2) is 10.0. The minimum Gasteiger partial charge on any atom is -0.368 e. The molecule has 2 aromatic heterocycles. The van der Waals surface area contributed by atoms with Crippen LogP contribution in [0.4, 0.5) is 10.9 Å². The zero-order valence-corrected chi connectivity index (χ0v) is 19.4. The fraction of sp³-hybridized carbons (Fsp3) is 0.636. The van der Waals surface area contributed by atoms with Gasteiger partial charge in [0.15, 0.2) is 0 Å². The first-order valence-corrected chi connectivity index (χ1v) is 12.1. The van der Waals surface area contributed by atoms with Crippen LogP contribution in [0.2, 0.25) is 0 Å². The van der Waals surface area contributed by atoms with Gasteiger partial charge in [0, 0.05) is 18.5 Å². The number of pyridine rings is 1. The number of rotatable bonds is 6. The van der Waals surface area contributed by atoms with E-state index in [0.29, 0.717) is 31.6 Å². The molecule has 2 aliphatic heterocycles. The van der Waals surface area contributed by atoms with E-state index in [0.717, 1.165) is 48.2 Å². The van der Waals surface area contributed by atoms with Crippen molar-refractivity contribution >= 4 is 28.2 Å². The summed E-state index contributed by atoms with van der Waals surface area (Å²) >= 11 is 1.53. The standard InChI is InChI=1S/C22H32N6O2S/c1-4-20-25-26-22(31-20)24-19-7-5-6-17(23-19)18-14-28(12-13-30-18)21(29)16-8-10-27(11-9-16)15(2)3/h5-7,15-16,18H,4,8-14H2,1-3H3,(H,23,24,26)/t18-/m1/s1. The van der Waals surface area contributed by atoms with Crippen LogP contribution in [-0.4, -0.2) is 69.7 Å². The van der Waals surface area contributed by atoms with Gasteiger partial charge in [0.05, 0.1) is 18.8 Å². The van der Waals surface area contributed by atoms with Crippen LogP contribution in [0.1, 0.15) is 50.4 Å². The lowest BCUT2D eigenvalue weighted by molar-refractivity contribution is -0.145. The van der Waals surface area contributed by atoms with Gasteiger partial charge in [-0.15, -0.1) is 10.2 Å². The van der Waals surface area contributed by atoms with Gasteiger partial charge in [-0.3, -0.25) is 4.79 Å². The molecule has 31 heavy (non-hydrogen) atoms. The number of amides is 1. The molecule has 8 nitrogen and oxygen atoms in total. The molecule has 0 aliphatic carbocycles. The first-order chi connectivity index (χ1) is 15.0. The highest BCUT2D eigenvalue weighted by atomic mass is 32.1. The highest BCUT2D eigenvalue weighted by Gasteiger charge is 2.33. The van der Waals surface area contributed by atoms with Crippen LogP contribution in [0, 0.1) is 5.92 Å². The SMILES string of the molecule is CCc1nnc(Nc2cccc([C@H]3CN(C(=O)C4CCN(C(C)C)CC4)CCO3)n2)s1. The lowest BCUT2D eigenvalue weighted by Crippen LogP contribution is -2.48. The zero-order chi connectivity index (χ0) is 21.8. The van der Waals surface area contributed by atoms with E-state index in [-0.39, 0.29) is 17.9 Å². The molecule has 0 spiro atoms. The van der Waals surface area contributed by atoms with Gasteiger partial charge in [-0.05, 0) is 58.3 Å². The lowest BCUT2D eigenvalue weighted by atomic mass is 9.94. The van der Waals surface area contributed by atoms with Crippen molar-refractivity contribution in [1.29, 1.82) is 0 Å². The molecule has 0 saturated carbocycles. The Bertz CT molecular complexity index is 880. The minimum atomic E-state index is -0.212. The van der Waals surface area contributed by atoms with Crippen LogP contribution in [0.5, 0.6) is 0 Å². The summed E-state index contributed by atoms with van der Waals surface area (Å²) in [6.45, 7) is 10.3. The van der Waals surface area contributed by atoms with Crippen molar-refractivity contribution in [3.05, 3.63) is 28.9 Å². The number of aromatic nitrogens is 3. The molecule has 4 heterocycles. The molecule has 0 aromatic carbocycles. The molecule has 1 amide bonds. The number of morpholine rings is 1. The number of ether oxygens (including phenoxy) is 1. The van der Waals surface area contributed by atoms with Crippen molar-refractivity contribution in [2.45, 2.75) is 52.2 Å². The Kier molecular flexibility index (Phi) is 7.14. The van der Waals surface area contributed by atoms with Gasteiger partial charge in [-0.2, -0.15) is 0 Å². The number of hydrogen-bond acceptors (Lipinski definition) is 8. The van der Waals surface area contributed by atoms with Crippen molar-refractivity contribution in [2.24, 2.45) is 5.92 Å². The van der Waals surface area contributed by atoms with E-state index in [2.05, 4.69) is 41.2 Å². The lowest BCUT2D eigenvalue weighted by Gasteiger charge is -2.38. The monoisotopic (exact) mass is 444 g/mol. The maximum absolute atomic E-state index is 13.2. The van der Waals surface area contributed by atoms with Crippen LogP contribution in [0.25, 0.3) is 0 Å². The van der Waals surface area contributed by atoms with E-state index in [4.69, 9.17) is 9.72 Å². The predicted octanol–water partition coefficient (Wildman–Crippen LogP) is 3.26. The number of nitrogens with zero attached hydrogens (tertiary/aromatic N) is 5. The van der Waals surface area contributed by atoms with Crippen molar-refractivity contribution in [2.75, 3.05) is 38.1 Å². The molecule has 168 valence electrons. The van der Waals surface area contributed by atoms with Crippen LogP contribution in [0.15, 0.2) is 18.2 Å². The Hall–Kier alpha value is -2.10. The van der Waals surface area contributed by atoms with Gasteiger partial charge in [-0.1, -0.05) is 24.3 Å². The first-order valence-electron chi connectivity index (χ1n) is 11.2. The highest BCUT2D eigenvalue weighted by Crippen LogP contribution is 2.27. The maximum Gasteiger partial charge on any atom is 0.225 e. The summed E-state index contributed by atoms with van der Waals surface area (Å²) in [6.07, 6.45) is 2.54. The molecule has 0 bridgehead atoms. The Morgan fingerprint density at radius 3 is 2.77 bits per heavy atom. The van der Waals surface area contributed by atoms with Gasteiger partial charge in [0.25, 0.3) is 0 Å². The molecular formula is C22H32N6O2S. The maximum atomic E-state index is 13.2. The van der Waals surface area contributed by atoms with Gasteiger partial charge >= 0.3 is 0 Å². The van der Waals surface area contributed by atoms with Gasteiger partial charge in [-0.25, -0.2) is 4.98 Å². The Balaban J connectivity index is 1.37. The molecule has 4 rings (SSSR count). The van der Waals surface area contributed by atoms with Gasteiger partial charge in [0.1, 0.15) is 16.9 Å². The first kappa shape index (κ1) is 22.1. The molecule has 2 saturated heterocycles. The summed E-state index contributed by atoms with van der Waals surface area (Å²) in [7, 11) is 0. The Morgan fingerprint density at radius 1 is 1.26 bits per heavy atom. The molecule has 2 fully saturated rings. The summed E-state index contributed by atoms with van der Waals surface area (Å²) in [5.74, 6) is 1.11. The molecule has 9 heteroatoms. The van der Waals surface area contributed by atoms with Crippen molar-refractivity contribution in [1.82, 2.24) is 25.0 Å². The Morgan fingerprint density at radius 2 is 2.06 bits per heavy atom. The predicted molar refractivity (Wildman–Crippen MR) is 122 cm³/mol. The van der Waals surface area contributed by atoms with Gasteiger partial charge in [0.2, 0.25) is 11.0 Å². The van der Waals surface area contributed by atoms with Crippen LogP contribution < -0.4 is 5.32 Å². The molecular weight excluding hydrogens is 412 g/mol. The second-order valence-corrected chi connectivity index (χ2v) is 9.54. The third-order valence-electron chi connectivity index (χ3n) is 6.09. The van der Waals surface area contributed by atoms with Crippen LogP contribution >= 0.6 is 11.3 Å². The summed E-state index contributed by atoms with van der Waals surface area (Å²) in [4.78, 5) is 22.3. The molecule has 0 radical (unpaired) electrons. The van der Waals surface area contributed by atoms with E-state index >= 15 is 0 Å². The van der Waals surface area contributed by atoms with E-state index < -0.39 is 0 Å². The fourth-order valence-corrected chi connectivity index (χ4v) is 4.89. The van der Waals surface area contributed by atoms with E-state index in [1.54, 1.807) is 0 Å². The van der Waals surface area contributed by atoms with Crippen molar-refractivity contribution in [3.63, 3.8) is 0 Å². The number of carbonyl (C=O) groups excluding carboxylic acids is 1. The summed E-state index contributed by atoms with van der Waals surface area (Å²) in [6, 6.07) is 6.37. The van der Waals surface area contributed by atoms with E-state index in [1.165, 1.54) is 11.3 Å². The third kappa shape index (κ3) is 5.39. The van der Waals surface area contributed by atoms with Gasteiger partial charge < -0.3 is 19.9 Å². The molecule has 1 atom stereocenters. The normalized spacial score (nSPS) is 20.9. The van der Waals surface area contributed by atoms with Crippen molar-refractivity contribution < 1.29 is 9.53 Å². The highest BCUT2D eigenvalue weighted by molar-refractivity contribution is 7.15. The summed E-state index contributed by atoms with van der Waals surface area (Å²) in [5, 5.41) is 13.2. The number of piperidine rings is 1. The van der Waals surface area contributed by atoms with Crippen LogP contribution in [0.3, 0.4) is 0 Å². The topological polar surface area (TPSA) is 83.5 Å². The number of aryl methyl sites for hydroxylation is 1. The average molecular weight is 445 g/mol.